The molecule has 1 atom stereocenters. The Balaban J connectivity index is 0.000000164. The maximum atomic E-state index is 13.4. The number of carbonyl (C=O) groups excluding carboxylic acids is 1. The molecule has 2 aliphatic heterocycles. The van der Waals surface area contributed by atoms with Gasteiger partial charge in [-0.05, 0) is 82.3 Å². The summed E-state index contributed by atoms with van der Waals surface area (Å²) in [5, 5.41) is 19.9. The number of amides is 1. The SMILES string of the molecule is CC[C@H](NC(=O)c1c(O)c(-c2ccccc2)nc2ccccc12)c1ccccc1.Cc1nc2n(c(=O)c1CCN1CCC(c3noc4cc(F)ccc34)CC1)CCCC2. The number of carbonyl (C=O) groups is 1. The molecule has 1 amide bonds. The van der Waals surface area contributed by atoms with Crippen molar-refractivity contribution in [3.8, 4) is 17.0 Å². The Morgan fingerprint density at radius 2 is 1.64 bits per heavy atom. The molecular formula is C48H49FN6O4. The van der Waals surface area contributed by atoms with Crippen LogP contribution in [0.5, 0.6) is 5.75 Å². The average Bonchev–Trinajstić information content (AvgIpc) is 3.69. The fourth-order valence-electron chi connectivity index (χ4n) is 8.51. The van der Waals surface area contributed by atoms with Gasteiger partial charge in [0.25, 0.3) is 11.5 Å². The van der Waals surface area contributed by atoms with E-state index in [0.29, 0.717) is 28.1 Å². The van der Waals surface area contributed by atoms with Crippen molar-refractivity contribution in [3.05, 3.63) is 153 Å². The van der Waals surface area contributed by atoms with E-state index < -0.39 is 0 Å². The van der Waals surface area contributed by atoms with Gasteiger partial charge in [-0.15, -0.1) is 0 Å². The molecule has 9 rings (SSSR count). The molecule has 5 heterocycles. The van der Waals surface area contributed by atoms with Crippen molar-refractivity contribution in [2.75, 3.05) is 19.6 Å². The van der Waals surface area contributed by atoms with Crippen LogP contribution in [0.4, 0.5) is 4.39 Å². The number of benzene rings is 4. The van der Waals surface area contributed by atoms with Crippen LogP contribution >= 0.6 is 0 Å². The number of likely N-dealkylation sites (tertiary alicyclic amines) is 1. The van der Waals surface area contributed by atoms with Crippen LogP contribution in [0, 0.1) is 12.7 Å². The summed E-state index contributed by atoms with van der Waals surface area (Å²) in [6.07, 6.45) is 6.55. The highest BCUT2D eigenvalue weighted by Gasteiger charge is 2.27. The summed E-state index contributed by atoms with van der Waals surface area (Å²) in [5.41, 5.74) is 6.50. The molecule has 0 unspecified atom stereocenters. The van der Waals surface area contributed by atoms with Gasteiger partial charge in [-0.3, -0.25) is 14.2 Å². The Morgan fingerprint density at radius 1 is 0.915 bits per heavy atom. The first-order valence-electron chi connectivity index (χ1n) is 20.7. The van der Waals surface area contributed by atoms with Gasteiger partial charge in [-0.1, -0.05) is 90.9 Å². The number of aryl methyl sites for hydroxylation is 2. The van der Waals surface area contributed by atoms with Crippen LogP contribution in [0.3, 0.4) is 0 Å². The topological polar surface area (TPSA) is 126 Å². The number of para-hydroxylation sites is 1. The van der Waals surface area contributed by atoms with Crippen LogP contribution in [0.25, 0.3) is 33.1 Å². The minimum Gasteiger partial charge on any atom is -0.505 e. The van der Waals surface area contributed by atoms with E-state index in [2.05, 4.69) is 20.4 Å². The molecule has 0 spiro atoms. The molecule has 3 aromatic heterocycles. The minimum absolute atomic E-state index is 0.102. The van der Waals surface area contributed by atoms with Gasteiger partial charge in [0.15, 0.2) is 11.3 Å². The number of pyridine rings is 1. The van der Waals surface area contributed by atoms with E-state index in [4.69, 9.17) is 9.51 Å². The van der Waals surface area contributed by atoms with E-state index in [-0.39, 0.29) is 34.6 Å². The lowest BCUT2D eigenvalue weighted by atomic mass is 9.91. The van der Waals surface area contributed by atoms with Crippen LogP contribution in [-0.4, -0.2) is 55.2 Å². The minimum atomic E-state index is -0.311. The first-order valence-corrected chi connectivity index (χ1v) is 20.7. The van der Waals surface area contributed by atoms with Gasteiger partial charge in [-0.2, -0.15) is 0 Å². The van der Waals surface area contributed by atoms with Gasteiger partial charge in [0.1, 0.15) is 17.3 Å². The first kappa shape index (κ1) is 39.6. The fourth-order valence-corrected chi connectivity index (χ4v) is 8.51. The van der Waals surface area contributed by atoms with Crippen LogP contribution in [0.2, 0.25) is 0 Å². The second-order valence-electron chi connectivity index (χ2n) is 15.5. The van der Waals surface area contributed by atoms with Gasteiger partial charge in [0.2, 0.25) is 0 Å². The maximum Gasteiger partial charge on any atom is 0.256 e. The predicted octanol–water partition coefficient (Wildman–Crippen LogP) is 9.08. The second kappa shape index (κ2) is 17.7. The van der Waals surface area contributed by atoms with Gasteiger partial charge < -0.3 is 19.8 Å². The Labute approximate surface area is 342 Å². The standard InChI is InChI=1S/C25H22N2O2.C23H27FN4O2/c1-2-20(17-11-5-3-6-12-17)27-25(29)22-19-15-9-10-16-21(19)26-23(24(22)28)18-13-7-4-8-14-18;1-15-18(23(29)28-10-3-2-4-21(28)25-15)9-13-27-11-7-16(8-12-27)22-19-6-5-17(24)14-20(19)30-26-22/h3-16,20,28H,2H2,1H3,(H,27,29);5-6,14,16H,2-4,7-13H2,1H3/t20-;/m0./s1. The molecule has 0 saturated carbocycles. The number of rotatable bonds is 9. The first-order chi connectivity index (χ1) is 28.8. The molecule has 0 aliphatic carbocycles. The third-order valence-corrected chi connectivity index (χ3v) is 11.8. The Kier molecular flexibility index (Phi) is 11.9. The summed E-state index contributed by atoms with van der Waals surface area (Å²) in [6.45, 7) is 7.58. The summed E-state index contributed by atoms with van der Waals surface area (Å²) in [6, 6.07) is 31.1. The lowest BCUT2D eigenvalue weighted by molar-refractivity contribution is 0.0934. The number of nitrogens with zero attached hydrogens (tertiary/aromatic N) is 5. The van der Waals surface area contributed by atoms with Gasteiger partial charge in [0, 0.05) is 59.1 Å². The molecule has 0 bridgehead atoms. The second-order valence-corrected chi connectivity index (χ2v) is 15.5. The smallest absolute Gasteiger partial charge is 0.256 e. The molecule has 7 aromatic rings. The summed E-state index contributed by atoms with van der Waals surface area (Å²) < 4.78 is 20.6. The van der Waals surface area contributed by atoms with E-state index >= 15 is 0 Å². The van der Waals surface area contributed by atoms with Crippen molar-refractivity contribution >= 4 is 27.8 Å². The van der Waals surface area contributed by atoms with Crippen LogP contribution < -0.4 is 10.9 Å². The van der Waals surface area contributed by atoms with Gasteiger partial charge in [0.05, 0.1) is 22.8 Å². The highest BCUT2D eigenvalue weighted by molar-refractivity contribution is 6.10. The molecule has 1 fully saturated rings. The molecule has 4 aromatic carbocycles. The Bertz CT molecular complexity index is 2640. The number of aromatic hydroxyl groups is 1. The zero-order valence-electron chi connectivity index (χ0n) is 33.5. The van der Waals surface area contributed by atoms with Crippen molar-refractivity contribution in [3.63, 3.8) is 0 Å². The molecule has 10 nitrogen and oxygen atoms in total. The molecule has 2 N–H and O–H groups in total. The Hall–Kier alpha value is -6.20. The molecule has 1 saturated heterocycles. The maximum absolute atomic E-state index is 13.4. The Morgan fingerprint density at radius 3 is 2.41 bits per heavy atom. The monoisotopic (exact) mass is 792 g/mol. The highest BCUT2D eigenvalue weighted by atomic mass is 19.1. The molecule has 59 heavy (non-hydrogen) atoms. The third-order valence-electron chi connectivity index (χ3n) is 11.8. The third kappa shape index (κ3) is 8.52. The van der Waals surface area contributed by atoms with Crippen molar-refractivity contribution in [1.29, 1.82) is 0 Å². The molecule has 11 heteroatoms. The zero-order valence-corrected chi connectivity index (χ0v) is 33.5. The average molecular weight is 793 g/mol. The summed E-state index contributed by atoms with van der Waals surface area (Å²) in [4.78, 5) is 38.0. The van der Waals surface area contributed by atoms with Crippen molar-refractivity contribution in [1.82, 2.24) is 29.9 Å². The number of aromatic nitrogens is 4. The van der Waals surface area contributed by atoms with E-state index in [1.54, 1.807) is 6.07 Å². The predicted molar refractivity (Wildman–Crippen MR) is 228 cm³/mol. The van der Waals surface area contributed by atoms with Crippen molar-refractivity contribution in [2.45, 2.75) is 77.3 Å². The van der Waals surface area contributed by atoms with Crippen LogP contribution in [0.1, 0.15) is 89.7 Å². The largest absolute Gasteiger partial charge is 0.505 e. The van der Waals surface area contributed by atoms with E-state index in [1.807, 2.05) is 103 Å². The quantitative estimate of drug-likeness (QED) is 0.148. The highest BCUT2D eigenvalue weighted by Crippen LogP contribution is 2.36. The number of piperidine rings is 1. The molecule has 302 valence electrons. The molecule has 2 aliphatic rings. The lowest BCUT2D eigenvalue weighted by Crippen LogP contribution is -2.37. The van der Waals surface area contributed by atoms with Crippen molar-refractivity contribution in [2.24, 2.45) is 0 Å². The van der Waals surface area contributed by atoms with E-state index in [9.17, 15) is 19.1 Å². The van der Waals surface area contributed by atoms with Crippen LogP contribution in [-0.2, 0) is 19.4 Å². The number of fused-ring (bicyclic) bond motifs is 3. The number of hydrogen-bond acceptors (Lipinski definition) is 8. The number of halogens is 1. The van der Waals surface area contributed by atoms with Crippen LogP contribution in [0.15, 0.2) is 112 Å². The van der Waals surface area contributed by atoms with E-state index in [1.165, 1.54) is 12.1 Å². The number of hydrogen-bond donors (Lipinski definition) is 2. The zero-order chi connectivity index (χ0) is 40.9. The number of nitrogens with one attached hydrogen (secondary N) is 1. The summed E-state index contributed by atoms with van der Waals surface area (Å²) >= 11 is 0. The molecule has 0 radical (unpaired) electrons. The fraction of sp³-hybridized carbons (Fsp3) is 0.312. The van der Waals surface area contributed by atoms with Gasteiger partial charge in [-0.25, -0.2) is 14.4 Å². The normalized spacial score (nSPS) is 15.0. The van der Waals surface area contributed by atoms with Crippen molar-refractivity contribution < 1.29 is 18.8 Å². The molecular weight excluding hydrogens is 744 g/mol. The van der Waals surface area contributed by atoms with E-state index in [0.717, 1.165) is 110 Å². The lowest BCUT2D eigenvalue weighted by Gasteiger charge is -2.31. The summed E-state index contributed by atoms with van der Waals surface area (Å²) in [5.74, 6) is 0.561. The van der Waals surface area contributed by atoms with Gasteiger partial charge >= 0.3 is 0 Å². The summed E-state index contributed by atoms with van der Waals surface area (Å²) in [7, 11) is 0.